The largest absolute Gasteiger partial charge is 0.455 e. The molecule has 0 spiro atoms. The lowest BCUT2D eigenvalue weighted by atomic mass is 9.92. The van der Waals surface area contributed by atoms with Crippen LogP contribution in [-0.4, -0.2) is 19.9 Å². The standard InChI is InChI=1S/C68H40N4O/c1-3-17-41(18-4-1)57-35-47(43-21-15-23-45(33-43)61-39-69-63-53-29-11-7-25-49(53)51-27-9-13-31-55(51)65(63)71-61)37-59-60-38-48(36-58(68(60)73-67(57)59)42-19-5-2-6-20-42)44-22-16-24-46(34-44)62-40-70-64-54-30-12-8-26-50(54)52-28-10-14-32-56(52)66(64)72-62/h1-40H. The van der Waals surface area contributed by atoms with Crippen molar-refractivity contribution in [2.24, 2.45) is 0 Å². The molecule has 0 saturated heterocycles. The monoisotopic (exact) mass is 928 g/mol. The highest BCUT2D eigenvalue weighted by atomic mass is 16.3. The zero-order chi connectivity index (χ0) is 48.0. The van der Waals surface area contributed by atoms with Crippen LogP contribution in [0.5, 0.6) is 0 Å². The molecule has 0 aliphatic rings. The van der Waals surface area contributed by atoms with Crippen molar-refractivity contribution in [1.82, 2.24) is 19.9 Å². The molecule has 3 heterocycles. The van der Waals surface area contributed by atoms with Crippen molar-refractivity contribution >= 4 is 87.1 Å². The van der Waals surface area contributed by atoms with Crippen LogP contribution in [-0.2, 0) is 0 Å². The molecule has 338 valence electrons. The van der Waals surface area contributed by atoms with E-state index in [0.29, 0.717) is 0 Å². The molecule has 0 bridgehead atoms. The molecule has 73 heavy (non-hydrogen) atoms. The first-order valence-electron chi connectivity index (χ1n) is 24.7. The fraction of sp³-hybridized carbons (Fsp3) is 0. The van der Waals surface area contributed by atoms with Crippen LogP contribution < -0.4 is 0 Å². The molecule has 0 radical (unpaired) electrons. The Morgan fingerprint density at radius 3 is 0.959 bits per heavy atom. The summed E-state index contributed by atoms with van der Waals surface area (Å²) in [6.07, 6.45) is 3.84. The highest BCUT2D eigenvalue weighted by molar-refractivity contribution is 6.24. The van der Waals surface area contributed by atoms with Gasteiger partial charge in [0, 0.05) is 54.6 Å². The molecule has 0 aliphatic heterocycles. The number of benzene rings is 12. The van der Waals surface area contributed by atoms with Crippen LogP contribution in [0.1, 0.15) is 0 Å². The first-order chi connectivity index (χ1) is 36.2. The van der Waals surface area contributed by atoms with Gasteiger partial charge in [-0.05, 0) is 91.3 Å². The Bertz CT molecular complexity index is 4360. The van der Waals surface area contributed by atoms with Gasteiger partial charge in [-0.3, -0.25) is 9.97 Å². The molecule has 0 saturated carbocycles. The van der Waals surface area contributed by atoms with E-state index in [1.807, 2.05) is 12.4 Å². The SMILES string of the molecule is c1ccc(-c2cc(-c3cccc(-c4cnc5c6ccccc6c6ccccc6c5n4)c3)cc3c2oc2c(-c4ccccc4)cc(-c4cccc(-c5cnc6c7ccccc7c7ccccc7c6n5)c4)cc23)cc1. The molecule has 5 nitrogen and oxygen atoms in total. The van der Waals surface area contributed by atoms with Gasteiger partial charge < -0.3 is 4.42 Å². The van der Waals surface area contributed by atoms with E-state index in [1.165, 1.54) is 21.5 Å². The van der Waals surface area contributed by atoms with Gasteiger partial charge in [0.2, 0.25) is 0 Å². The number of rotatable bonds is 6. The summed E-state index contributed by atoms with van der Waals surface area (Å²) in [5.41, 5.74) is 17.4. The van der Waals surface area contributed by atoms with Gasteiger partial charge in [0.25, 0.3) is 0 Å². The summed E-state index contributed by atoms with van der Waals surface area (Å²) in [6, 6.07) is 81.6. The van der Waals surface area contributed by atoms with Gasteiger partial charge in [0.05, 0.1) is 45.8 Å². The molecular formula is C68H40N4O. The molecule has 15 aromatic rings. The zero-order valence-corrected chi connectivity index (χ0v) is 39.3. The van der Waals surface area contributed by atoms with Crippen LogP contribution in [0.2, 0.25) is 0 Å². The summed E-state index contributed by atoms with van der Waals surface area (Å²) >= 11 is 0. The van der Waals surface area contributed by atoms with Crippen molar-refractivity contribution in [2.45, 2.75) is 0 Å². The van der Waals surface area contributed by atoms with E-state index in [0.717, 1.165) is 133 Å². The average molecular weight is 929 g/mol. The van der Waals surface area contributed by atoms with Gasteiger partial charge in [-0.15, -0.1) is 0 Å². The Labute approximate surface area is 419 Å². The number of fused-ring (bicyclic) bond motifs is 15. The lowest BCUT2D eigenvalue weighted by Gasteiger charge is -2.12. The molecule has 0 aliphatic carbocycles. The maximum absolute atomic E-state index is 7.17. The summed E-state index contributed by atoms with van der Waals surface area (Å²) < 4.78 is 7.17. The lowest BCUT2D eigenvalue weighted by molar-refractivity contribution is 0.671. The van der Waals surface area contributed by atoms with Gasteiger partial charge in [-0.2, -0.15) is 0 Å². The first kappa shape index (κ1) is 41.0. The Hall–Kier alpha value is -9.84. The van der Waals surface area contributed by atoms with Crippen molar-refractivity contribution in [1.29, 1.82) is 0 Å². The highest BCUT2D eigenvalue weighted by Gasteiger charge is 2.21. The van der Waals surface area contributed by atoms with E-state index in [-0.39, 0.29) is 0 Å². The highest BCUT2D eigenvalue weighted by Crippen LogP contribution is 2.45. The second-order valence-electron chi connectivity index (χ2n) is 18.9. The van der Waals surface area contributed by atoms with Crippen LogP contribution >= 0.6 is 0 Å². The van der Waals surface area contributed by atoms with Crippen LogP contribution in [0.3, 0.4) is 0 Å². The molecule has 0 unspecified atom stereocenters. The molecule has 5 heteroatoms. The van der Waals surface area contributed by atoms with Crippen molar-refractivity contribution in [3.05, 3.63) is 243 Å². The van der Waals surface area contributed by atoms with E-state index in [2.05, 4.69) is 231 Å². The third kappa shape index (κ3) is 6.63. The van der Waals surface area contributed by atoms with Crippen LogP contribution in [0.15, 0.2) is 247 Å². The second kappa shape index (κ2) is 16.4. The molecule has 15 rings (SSSR count). The van der Waals surface area contributed by atoms with Gasteiger partial charge in [-0.25, -0.2) is 9.97 Å². The zero-order valence-electron chi connectivity index (χ0n) is 39.3. The molecular weight excluding hydrogens is 889 g/mol. The minimum absolute atomic E-state index is 0.823. The normalized spacial score (nSPS) is 11.8. The smallest absolute Gasteiger partial charge is 0.143 e. The minimum Gasteiger partial charge on any atom is -0.455 e. The van der Waals surface area contributed by atoms with Crippen molar-refractivity contribution in [3.8, 4) is 67.0 Å². The summed E-state index contributed by atoms with van der Waals surface area (Å²) in [5, 5.41) is 11.2. The fourth-order valence-corrected chi connectivity index (χ4v) is 11.2. The third-order valence-electron chi connectivity index (χ3n) is 14.7. The fourth-order valence-electron chi connectivity index (χ4n) is 11.2. The first-order valence-corrected chi connectivity index (χ1v) is 24.7. The molecule has 0 atom stereocenters. The van der Waals surface area contributed by atoms with Gasteiger partial charge >= 0.3 is 0 Å². The lowest BCUT2D eigenvalue weighted by Crippen LogP contribution is -1.92. The number of hydrogen-bond donors (Lipinski definition) is 0. The van der Waals surface area contributed by atoms with Crippen molar-refractivity contribution in [3.63, 3.8) is 0 Å². The quantitative estimate of drug-likeness (QED) is 0.155. The maximum atomic E-state index is 7.17. The molecule has 12 aromatic carbocycles. The predicted molar refractivity (Wildman–Crippen MR) is 303 cm³/mol. The topological polar surface area (TPSA) is 64.7 Å². The molecule has 3 aromatic heterocycles. The number of aromatic nitrogens is 4. The predicted octanol–water partition coefficient (Wildman–Crippen LogP) is 18.1. The second-order valence-corrected chi connectivity index (χ2v) is 18.9. The van der Waals surface area contributed by atoms with Crippen LogP contribution in [0.4, 0.5) is 0 Å². The third-order valence-corrected chi connectivity index (χ3v) is 14.7. The Kier molecular flexibility index (Phi) is 9.19. The molecule has 0 fully saturated rings. The van der Waals surface area contributed by atoms with Crippen LogP contribution in [0, 0.1) is 0 Å². The van der Waals surface area contributed by atoms with Gasteiger partial charge in [0.15, 0.2) is 0 Å². The minimum atomic E-state index is 0.823. The average Bonchev–Trinajstić information content (AvgIpc) is 3.86. The Balaban J connectivity index is 0.909. The number of nitrogens with zero attached hydrogens (tertiary/aromatic N) is 4. The molecule has 0 N–H and O–H groups in total. The van der Waals surface area contributed by atoms with E-state index in [4.69, 9.17) is 24.4 Å². The number of furan rings is 1. The maximum Gasteiger partial charge on any atom is 0.143 e. The Morgan fingerprint density at radius 1 is 0.233 bits per heavy atom. The van der Waals surface area contributed by atoms with E-state index < -0.39 is 0 Å². The van der Waals surface area contributed by atoms with E-state index in [1.54, 1.807) is 0 Å². The van der Waals surface area contributed by atoms with Gasteiger partial charge in [-0.1, -0.05) is 194 Å². The van der Waals surface area contributed by atoms with Crippen molar-refractivity contribution in [2.75, 3.05) is 0 Å². The van der Waals surface area contributed by atoms with E-state index in [9.17, 15) is 0 Å². The molecule has 0 amide bonds. The summed E-state index contributed by atoms with van der Waals surface area (Å²) in [5.74, 6) is 0. The summed E-state index contributed by atoms with van der Waals surface area (Å²) in [7, 11) is 0. The number of hydrogen-bond acceptors (Lipinski definition) is 5. The van der Waals surface area contributed by atoms with Crippen LogP contribution in [0.25, 0.3) is 154 Å². The Morgan fingerprint density at radius 2 is 0.562 bits per heavy atom. The van der Waals surface area contributed by atoms with E-state index >= 15 is 0 Å². The van der Waals surface area contributed by atoms with Gasteiger partial charge in [0.1, 0.15) is 11.2 Å². The summed E-state index contributed by atoms with van der Waals surface area (Å²) in [6.45, 7) is 0. The summed E-state index contributed by atoms with van der Waals surface area (Å²) in [4.78, 5) is 20.9. The van der Waals surface area contributed by atoms with Crippen molar-refractivity contribution < 1.29 is 4.42 Å².